The van der Waals surface area contributed by atoms with E-state index < -0.39 is 0 Å². The lowest BCUT2D eigenvalue weighted by Gasteiger charge is -2.10. The fourth-order valence-corrected chi connectivity index (χ4v) is 1.79. The molecule has 0 saturated heterocycles. The van der Waals surface area contributed by atoms with E-state index in [-0.39, 0.29) is 5.82 Å². The zero-order valence-electron chi connectivity index (χ0n) is 10.9. The van der Waals surface area contributed by atoms with Gasteiger partial charge in [-0.3, -0.25) is 0 Å². The van der Waals surface area contributed by atoms with Crippen LogP contribution in [0.2, 0.25) is 0 Å². The first-order valence-corrected chi connectivity index (χ1v) is 6.07. The van der Waals surface area contributed by atoms with Crippen molar-refractivity contribution in [3.63, 3.8) is 0 Å². The van der Waals surface area contributed by atoms with Crippen LogP contribution in [0.25, 0.3) is 11.4 Å². The first-order valence-electron chi connectivity index (χ1n) is 6.07. The number of aromatic nitrogens is 2. The van der Waals surface area contributed by atoms with Crippen LogP contribution in [-0.2, 0) is 13.6 Å². The molecule has 0 bridgehead atoms. The lowest BCUT2D eigenvalue weighted by atomic mass is 10.1. The Labute approximate surface area is 107 Å². The van der Waals surface area contributed by atoms with E-state index in [1.54, 1.807) is 12.3 Å². The summed E-state index contributed by atoms with van der Waals surface area (Å²) >= 11 is 0. The van der Waals surface area contributed by atoms with Gasteiger partial charge in [0.05, 0.1) is 0 Å². The number of nitrogens with one attached hydrogen (secondary N) is 1. The lowest BCUT2D eigenvalue weighted by molar-refractivity contribution is 0.553. The first-order chi connectivity index (χ1) is 8.58. The quantitative estimate of drug-likeness (QED) is 0.900. The van der Waals surface area contributed by atoms with Gasteiger partial charge in [0.25, 0.3) is 0 Å². The average Bonchev–Trinajstić information content (AvgIpc) is 2.73. The second kappa shape index (κ2) is 5.31. The van der Waals surface area contributed by atoms with Gasteiger partial charge in [-0.15, -0.1) is 0 Å². The smallest absolute Gasteiger partial charge is 0.139 e. The molecule has 1 N–H and O–H groups in total. The summed E-state index contributed by atoms with van der Waals surface area (Å²) in [7, 11) is 1.90. The van der Waals surface area contributed by atoms with Crippen LogP contribution in [0.15, 0.2) is 30.6 Å². The van der Waals surface area contributed by atoms with Crippen LogP contribution in [0.1, 0.15) is 19.4 Å². The molecule has 0 radical (unpaired) electrons. The third kappa shape index (κ3) is 2.76. The van der Waals surface area contributed by atoms with Crippen LogP contribution >= 0.6 is 0 Å². The SMILES string of the molecule is CC(C)NCc1ccc(-c2nccn2C)cc1F. The first kappa shape index (κ1) is 12.8. The normalized spacial score (nSPS) is 11.2. The summed E-state index contributed by atoms with van der Waals surface area (Å²) in [4.78, 5) is 4.21. The Balaban J connectivity index is 2.22. The second-order valence-corrected chi connectivity index (χ2v) is 4.70. The highest BCUT2D eigenvalue weighted by atomic mass is 19.1. The van der Waals surface area contributed by atoms with E-state index in [1.807, 2.05) is 43.8 Å². The van der Waals surface area contributed by atoms with Crippen molar-refractivity contribution in [2.45, 2.75) is 26.4 Å². The molecule has 0 aliphatic heterocycles. The van der Waals surface area contributed by atoms with Crippen LogP contribution in [0.5, 0.6) is 0 Å². The van der Waals surface area contributed by atoms with Gasteiger partial charge in [-0.2, -0.15) is 0 Å². The van der Waals surface area contributed by atoms with Gasteiger partial charge in [0.15, 0.2) is 0 Å². The van der Waals surface area contributed by atoms with Gasteiger partial charge in [0.2, 0.25) is 0 Å². The molecule has 0 spiro atoms. The molecular weight excluding hydrogens is 229 g/mol. The number of imidazole rings is 1. The Morgan fingerprint density at radius 3 is 2.72 bits per heavy atom. The predicted molar refractivity (Wildman–Crippen MR) is 70.6 cm³/mol. The Kier molecular flexibility index (Phi) is 3.77. The molecule has 1 heterocycles. The summed E-state index contributed by atoms with van der Waals surface area (Å²) in [5.74, 6) is 0.584. The number of hydrogen-bond donors (Lipinski definition) is 1. The third-order valence-corrected chi connectivity index (χ3v) is 2.83. The molecule has 0 aliphatic rings. The zero-order chi connectivity index (χ0) is 13.1. The van der Waals surface area contributed by atoms with Crippen molar-refractivity contribution in [3.05, 3.63) is 42.0 Å². The standard InChI is InChI=1S/C14H18FN3/c1-10(2)17-9-12-5-4-11(8-13(12)15)14-16-6-7-18(14)3/h4-8,10,17H,9H2,1-3H3. The number of hydrogen-bond acceptors (Lipinski definition) is 2. The third-order valence-electron chi connectivity index (χ3n) is 2.83. The van der Waals surface area contributed by atoms with Crippen molar-refractivity contribution >= 4 is 0 Å². The summed E-state index contributed by atoms with van der Waals surface area (Å²) < 4.78 is 15.8. The van der Waals surface area contributed by atoms with Crippen LogP contribution in [0.3, 0.4) is 0 Å². The van der Waals surface area contributed by atoms with Gasteiger partial charge in [-0.1, -0.05) is 26.0 Å². The monoisotopic (exact) mass is 247 g/mol. The second-order valence-electron chi connectivity index (χ2n) is 4.70. The highest BCUT2D eigenvalue weighted by Gasteiger charge is 2.08. The number of nitrogens with zero attached hydrogens (tertiary/aromatic N) is 2. The van der Waals surface area contributed by atoms with Crippen LogP contribution in [0, 0.1) is 5.82 Å². The van der Waals surface area contributed by atoms with Crippen LogP contribution in [-0.4, -0.2) is 15.6 Å². The summed E-state index contributed by atoms with van der Waals surface area (Å²) in [5.41, 5.74) is 1.48. The number of rotatable bonds is 4. The van der Waals surface area contributed by atoms with Gasteiger partial charge in [-0.05, 0) is 6.07 Å². The molecule has 3 nitrogen and oxygen atoms in total. The molecular formula is C14H18FN3. The molecule has 1 aromatic heterocycles. The number of aryl methyl sites for hydroxylation is 1. The van der Waals surface area contributed by atoms with E-state index in [0.717, 1.165) is 11.4 Å². The Hall–Kier alpha value is -1.68. The molecule has 2 aromatic rings. The maximum Gasteiger partial charge on any atom is 0.139 e. The average molecular weight is 247 g/mol. The van der Waals surface area contributed by atoms with E-state index in [1.165, 1.54) is 0 Å². The fourth-order valence-electron chi connectivity index (χ4n) is 1.79. The largest absolute Gasteiger partial charge is 0.334 e. The molecule has 0 aliphatic carbocycles. The van der Waals surface area contributed by atoms with Crippen molar-refractivity contribution in [2.24, 2.45) is 7.05 Å². The van der Waals surface area contributed by atoms with Crippen molar-refractivity contribution < 1.29 is 4.39 Å². The molecule has 0 amide bonds. The van der Waals surface area contributed by atoms with Gasteiger partial charge in [0, 0.05) is 43.2 Å². The van der Waals surface area contributed by atoms with Crippen LogP contribution in [0.4, 0.5) is 4.39 Å². The van der Waals surface area contributed by atoms with Crippen molar-refractivity contribution in [3.8, 4) is 11.4 Å². The van der Waals surface area contributed by atoms with Gasteiger partial charge >= 0.3 is 0 Å². The Morgan fingerprint density at radius 1 is 1.39 bits per heavy atom. The Morgan fingerprint density at radius 2 is 2.17 bits per heavy atom. The summed E-state index contributed by atoms with van der Waals surface area (Å²) in [5, 5.41) is 3.21. The minimum absolute atomic E-state index is 0.191. The Bertz CT molecular complexity index is 532. The van der Waals surface area contributed by atoms with Gasteiger partial charge in [0.1, 0.15) is 11.6 Å². The molecule has 0 saturated carbocycles. The number of halogens is 1. The van der Waals surface area contributed by atoms with Crippen molar-refractivity contribution in [2.75, 3.05) is 0 Å². The minimum atomic E-state index is -0.191. The van der Waals surface area contributed by atoms with E-state index in [9.17, 15) is 4.39 Å². The molecule has 0 atom stereocenters. The maximum atomic E-state index is 13.9. The van der Waals surface area contributed by atoms with E-state index >= 15 is 0 Å². The van der Waals surface area contributed by atoms with Gasteiger partial charge in [-0.25, -0.2) is 9.37 Å². The van der Waals surface area contributed by atoms with E-state index in [2.05, 4.69) is 10.3 Å². The maximum absolute atomic E-state index is 13.9. The van der Waals surface area contributed by atoms with Crippen molar-refractivity contribution in [1.29, 1.82) is 0 Å². The molecule has 1 aromatic carbocycles. The van der Waals surface area contributed by atoms with Crippen molar-refractivity contribution in [1.82, 2.24) is 14.9 Å². The lowest BCUT2D eigenvalue weighted by Crippen LogP contribution is -2.22. The summed E-state index contributed by atoms with van der Waals surface area (Å²) in [6.45, 7) is 4.63. The highest BCUT2D eigenvalue weighted by molar-refractivity contribution is 5.56. The van der Waals surface area contributed by atoms with E-state index in [4.69, 9.17) is 0 Å². The van der Waals surface area contributed by atoms with Gasteiger partial charge < -0.3 is 9.88 Å². The minimum Gasteiger partial charge on any atom is -0.334 e. The zero-order valence-corrected chi connectivity index (χ0v) is 10.9. The van der Waals surface area contributed by atoms with Crippen LogP contribution < -0.4 is 5.32 Å². The predicted octanol–water partition coefficient (Wildman–Crippen LogP) is 2.72. The highest BCUT2D eigenvalue weighted by Crippen LogP contribution is 2.20. The number of benzene rings is 1. The molecule has 4 heteroatoms. The topological polar surface area (TPSA) is 29.9 Å². The summed E-state index contributed by atoms with van der Waals surface area (Å²) in [6, 6.07) is 5.61. The summed E-state index contributed by atoms with van der Waals surface area (Å²) in [6.07, 6.45) is 3.56. The molecule has 0 fully saturated rings. The molecule has 0 unspecified atom stereocenters. The molecule has 2 rings (SSSR count). The van der Waals surface area contributed by atoms with E-state index in [0.29, 0.717) is 18.2 Å². The molecule has 18 heavy (non-hydrogen) atoms. The fraction of sp³-hybridized carbons (Fsp3) is 0.357. The molecule has 96 valence electrons.